The number of nitrogens with one attached hydrogen (secondary N) is 2. The number of H-pyrrole nitrogens is 1. The minimum atomic E-state index is -3.77. The topological polar surface area (TPSA) is 105 Å². The van der Waals surface area contributed by atoms with Crippen molar-refractivity contribution in [3.05, 3.63) is 48.4 Å². The number of aromatic nitrogens is 1. The second-order valence-corrected chi connectivity index (χ2v) is 7.71. The van der Waals surface area contributed by atoms with Crippen molar-refractivity contribution in [2.45, 2.75) is 5.09 Å². The lowest BCUT2D eigenvalue weighted by Gasteiger charge is -2.24. The molecule has 1 amide bonds. The number of fused-ring (bicyclic) bond motifs is 1. The number of nitrogens with zero attached hydrogens (tertiary/aromatic N) is 1. The van der Waals surface area contributed by atoms with Gasteiger partial charge < -0.3 is 19.5 Å². The van der Waals surface area contributed by atoms with Gasteiger partial charge in [-0.15, -0.1) is 0 Å². The van der Waals surface area contributed by atoms with Crippen LogP contribution in [0.3, 0.4) is 0 Å². The summed E-state index contributed by atoms with van der Waals surface area (Å²) in [7, 11) is -3.77. The maximum absolute atomic E-state index is 12.6. The van der Waals surface area contributed by atoms with Crippen LogP contribution < -0.4 is 5.32 Å². The average molecular weight is 375 g/mol. The molecular weight excluding hydrogens is 358 g/mol. The summed E-state index contributed by atoms with van der Waals surface area (Å²) in [6, 6.07) is 10.2. The fourth-order valence-corrected chi connectivity index (χ4v) is 4.17. The van der Waals surface area contributed by atoms with Crippen LogP contribution in [0.1, 0.15) is 10.6 Å². The molecule has 8 nitrogen and oxygen atoms in total. The highest BCUT2D eigenvalue weighted by molar-refractivity contribution is 7.89. The fourth-order valence-electron chi connectivity index (χ4n) is 2.85. The molecule has 1 aliphatic heterocycles. The number of rotatable bonds is 4. The zero-order valence-electron chi connectivity index (χ0n) is 13.8. The zero-order chi connectivity index (χ0) is 18.1. The van der Waals surface area contributed by atoms with Crippen LogP contribution in [-0.2, 0) is 14.8 Å². The van der Waals surface area contributed by atoms with Gasteiger partial charge in [-0.1, -0.05) is 18.2 Å². The number of carbonyl (C=O) groups is 1. The number of carbonyl (C=O) groups excluding carboxylic acids is 1. The lowest BCUT2D eigenvalue weighted by atomic mass is 10.2. The van der Waals surface area contributed by atoms with Gasteiger partial charge in [-0.2, -0.15) is 4.31 Å². The Hall–Kier alpha value is -2.62. The number of sulfonamides is 1. The van der Waals surface area contributed by atoms with Gasteiger partial charge in [0.2, 0.25) is 5.09 Å². The molecule has 0 bridgehead atoms. The van der Waals surface area contributed by atoms with E-state index in [0.717, 1.165) is 10.9 Å². The lowest BCUT2D eigenvalue weighted by Crippen LogP contribution is -2.40. The summed E-state index contributed by atoms with van der Waals surface area (Å²) in [5.74, 6) is -0.583. The van der Waals surface area contributed by atoms with Crippen molar-refractivity contribution in [2.24, 2.45) is 0 Å². The molecule has 1 saturated heterocycles. The summed E-state index contributed by atoms with van der Waals surface area (Å²) in [6.07, 6.45) is 1.68. The number of benzene rings is 1. The van der Waals surface area contributed by atoms with E-state index in [-0.39, 0.29) is 23.9 Å². The second kappa shape index (κ2) is 6.60. The van der Waals surface area contributed by atoms with E-state index in [1.54, 1.807) is 6.20 Å². The quantitative estimate of drug-likeness (QED) is 0.726. The first-order chi connectivity index (χ1) is 12.6. The summed E-state index contributed by atoms with van der Waals surface area (Å²) in [6.45, 7) is 1.21. The molecule has 2 N–H and O–H groups in total. The molecule has 0 spiro atoms. The predicted octanol–water partition coefficient (Wildman–Crippen LogP) is 2.03. The third-order valence-electron chi connectivity index (χ3n) is 4.21. The van der Waals surface area contributed by atoms with Gasteiger partial charge >= 0.3 is 0 Å². The zero-order valence-corrected chi connectivity index (χ0v) is 14.6. The van der Waals surface area contributed by atoms with Crippen molar-refractivity contribution < 1.29 is 22.4 Å². The molecule has 0 saturated carbocycles. The van der Waals surface area contributed by atoms with Crippen LogP contribution in [0.2, 0.25) is 0 Å². The number of hydrogen-bond acceptors (Lipinski definition) is 5. The van der Waals surface area contributed by atoms with Crippen molar-refractivity contribution in [3.63, 3.8) is 0 Å². The predicted molar refractivity (Wildman–Crippen MR) is 94.5 cm³/mol. The van der Waals surface area contributed by atoms with E-state index in [0.29, 0.717) is 18.9 Å². The molecule has 0 atom stereocenters. The van der Waals surface area contributed by atoms with Crippen LogP contribution in [-0.4, -0.2) is 49.9 Å². The van der Waals surface area contributed by atoms with Crippen LogP contribution in [0.15, 0.2) is 52.1 Å². The van der Waals surface area contributed by atoms with Crippen LogP contribution in [0.25, 0.3) is 10.9 Å². The summed E-state index contributed by atoms with van der Waals surface area (Å²) >= 11 is 0. The first-order valence-electron chi connectivity index (χ1n) is 8.11. The summed E-state index contributed by atoms with van der Waals surface area (Å²) < 4.78 is 36.9. The molecule has 1 aliphatic rings. The number of furan rings is 1. The molecule has 9 heteroatoms. The molecule has 3 aromatic rings. The monoisotopic (exact) mass is 375 g/mol. The molecule has 136 valence electrons. The van der Waals surface area contributed by atoms with Crippen molar-refractivity contribution in [1.29, 1.82) is 0 Å². The van der Waals surface area contributed by atoms with Crippen molar-refractivity contribution in [1.82, 2.24) is 9.29 Å². The number of anilines is 1. The molecule has 26 heavy (non-hydrogen) atoms. The van der Waals surface area contributed by atoms with Gasteiger partial charge in [0.15, 0.2) is 5.76 Å². The third kappa shape index (κ3) is 3.00. The number of morpholine rings is 1. The SMILES string of the molecule is O=C(Nc1c[nH]c2ccccc12)c1ccc(S(=O)(=O)N2CCOCC2)o1. The van der Waals surface area contributed by atoms with Crippen LogP contribution in [0.4, 0.5) is 5.69 Å². The van der Waals surface area contributed by atoms with E-state index in [9.17, 15) is 13.2 Å². The Labute approximate surface area is 149 Å². The lowest BCUT2D eigenvalue weighted by molar-refractivity contribution is 0.0723. The van der Waals surface area contributed by atoms with Crippen molar-refractivity contribution in [3.8, 4) is 0 Å². The molecule has 4 rings (SSSR count). The molecule has 1 fully saturated rings. The van der Waals surface area contributed by atoms with Crippen molar-refractivity contribution in [2.75, 3.05) is 31.6 Å². The highest BCUT2D eigenvalue weighted by atomic mass is 32.2. The Morgan fingerprint density at radius 2 is 1.88 bits per heavy atom. The number of hydrogen-bond donors (Lipinski definition) is 2. The van der Waals surface area contributed by atoms with E-state index < -0.39 is 15.9 Å². The van der Waals surface area contributed by atoms with Gasteiger partial charge in [-0.25, -0.2) is 8.42 Å². The van der Waals surface area contributed by atoms with E-state index in [2.05, 4.69) is 10.3 Å². The minimum absolute atomic E-state index is 0.0675. The average Bonchev–Trinajstić information content (AvgIpc) is 3.31. The minimum Gasteiger partial charge on any atom is -0.438 e. The van der Waals surface area contributed by atoms with Crippen LogP contribution in [0.5, 0.6) is 0 Å². The Morgan fingerprint density at radius 3 is 2.69 bits per heavy atom. The standard InChI is InChI=1S/C17H17N3O5S/c21-17(19-14-11-18-13-4-2-1-3-12(13)14)15-5-6-16(25-15)26(22,23)20-7-9-24-10-8-20/h1-6,11,18H,7-10H2,(H,19,21). The third-order valence-corrected chi connectivity index (χ3v) is 5.98. The van der Waals surface area contributed by atoms with Gasteiger partial charge in [0.1, 0.15) is 0 Å². The normalized spacial score (nSPS) is 16.0. The van der Waals surface area contributed by atoms with Gasteiger partial charge in [-0.3, -0.25) is 4.79 Å². The first-order valence-corrected chi connectivity index (χ1v) is 9.55. The van der Waals surface area contributed by atoms with E-state index in [4.69, 9.17) is 9.15 Å². The van der Waals surface area contributed by atoms with Gasteiger partial charge in [0, 0.05) is 30.2 Å². The number of para-hydroxylation sites is 1. The molecule has 0 aliphatic carbocycles. The Balaban J connectivity index is 1.55. The summed E-state index contributed by atoms with van der Waals surface area (Å²) in [5.41, 5.74) is 1.48. The van der Waals surface area contributed by atoms with Gasteiger partial charge in [-0.05, 0) is 18.2 Å². The van der Waals surface area contributed by atoms with E-state index in [1.807, 2.05) is 24.3 Å². The number of ether oxygens (including phenoxy) is 1. The van der Waals surface area contributed by atoms with E-state index in [1.165, 1.54) is 16.4 Å². The highest BCUT2D eigenvalue weighted by Crippen LogP contribution is 2.24. The summed E-state index contributed by atoms with van der Waals surface area (Å²) in [5, 5.41) is 3.34. The van der Waals surface area contributed by atoms with Gasteiger partial charge in [0.05, 0.1) is 18.9 Å². The largest absolute Gasteiger partial charge is 0.438 e. The molecule has 3 heterocycles. The molecule has 1 aromatic carbocycles. The maximum atomic E-state index is 12.6. The number of amides is 1. The Bertz CT molecular complexity index is 1050. The molecular formula is C17H17N3O5S. The number of aromatic amines is 1. The van der Waals surface area contributed by atoms with Crippen LogP contribution >= 0.6 is 0 Å². The van der Waals surface area contributed by atoms with Crippen molar-refractivity contribution >= 4 is 32.5 Å². The van der Waals surface area contributed by atoms with Crippen LogP contribution in [0, 0.1) is 0 Å². The molecule has 0 unspecified atom stereocenters. The molecule has 0 radical (unpaired) electrons. The fraction of sp³-hybridized carbons (Fsp3) is 0.235. The van der Waals surface area contributed by atoms with Gasteiger partial charge in [0.25, 0.3) is 15.9 Å². The maximum Gasteiger partial charge on any atom is 0.291 e. The van der Waals surface area contributed by atoms with E-state index >= 15 is 0 Å². The Morgan fingerprint density at radius 1 is 1.12 bits per heavy atom. The first kappa shape index (κ1) is 16.8. The molecule has 2 aromatic heterocycles. The Kier molecular flexibility index (Phi) is 4.27. The highest BCUT2D eigenvalue weighted by Gasteiger charge is 2.30. The smallest absolute Gasteiger partial charge is 0.291 e. The summed E-state index contributed by atoms with van der Waals surface area (Å²) in [4.78, 5) is 15.5. The second-order valence-electron chi connectivity index (χ2n) is 5.84.